The number of sulfonamides is 1. The number of benzene rings is 1. The van der Waals surface area contributed by atoms with Gasteiger partial charge in [-0.15, -0.1) is 11.3 Å². The number of carbonyl (C=O) groups is 2. The van der Waals surface area contributed by atoms with E-state index in [4.69, 9.17) is 16.7 Å². The summed E-state index contributed by atoms with van der Waals surface area (Å²) >= 11 is 7.09. The molecule has 0 aliphatic carbocycles. The maximum absolute atomic E-state index is 14.2. The van der Waals surface area contributed by atoms with Gasteiger partial charge in [-0.1, -0.05) is 11.6 Å². The van der Waals surface area contributed by atoms with Crippen molar-refractivity contribution in [2.45, 2.75) is 19.4 Å². The van der Waals surface area contributed by atoms with Crippen LogP contribution in [0.3, 0.4) is 0 Å². The first kappa shape index (κ1) is 21.4. The number of rotatable bonds is 6. The van der Waals surface area contributed by atoms with Crippen LogP contribution in [0.15, 0.2) is 35.7 Å². The molecule has 154 valence electrons. The van der Waals surface area contributed by atoms with E-state index in [1.807, 2.05) is 0 Å². The molecular formula is C18H16ClFN2O5S2. The van der Waals surface area contributed by atoms with Crippen molar-refractivity contribution in [3.8, 4) is 0 Å². The predicted molar refractivity (Wildman–Crippen MR) is 109 cm³/mol. The number of carboxylic acids is 1. The summed E-state index contributed by atoms with van der Waals surface area (Å²) in [4.78, 5) is 25.3. The molecule has 1 fully saturated rings. The third kappa shape index (κ3) is 4.84. The lowest BCUT2D eigenvalue weighted by atomic mass is 10.2. The third-order valence-electron chi connectivity index (χ3n) is 4.29. The van der Waals surface area contributed by atoms with Gasteiger partial charge in [0.1, 0.15) is 11.9 Å². The van der Waals surface area contributed by atoms with Crippen molar-refractivity contribution in [2.75, 3.05) is 11.4 Å². The average molecular weight is 459 g/mol. The van der Waals surface area contributed by atoms with Gasteiger partial charge >= 0.3 is 5.97 Å². The molecule has 2 heterocycles. The molecule has 1 amide bonds. The number of carboxylic acid groups (broad SMARTS) is 1. The molecule has 1 aromatic heterocycles. The number of allylic oxidation sites excluding steroid dienone is 1. The number of hydrogen-bond donors (Lipinski definition) is 2. The number of anilines is 1. The monoisotopic (exact) mass is 458 g/mol. The van der Waals surface area contributed by atoms with E-state index < -0.39 is 33.8 Å². The van der Waals surface area contributed by atoms with Gasteiger partial charge in [-0.05, 0) is 49.2 Å². The number of halogens is 2. The minimum Gasteiger partial charge on any atom is -0.478 e. The summed E-state index contributed by atoms with van der Waals surface area (Å²) in [7, 11) is -3.94. The van der Waals surface area contributed by atoms with Gasteiger partial charge in [-0.2, -0.15) is 4.72 Å². The highest BCUT2D eigenvalue weighted by Crippen LogP contribution is 2.29. The van der Waals surface area contributed by atoms with Crippen LogP contribution < -0.4 is 9.62 Å². The SMILES string of the molecule is C/C(=C\S(=O)(=O)NC1CCN(c2ccc(C(=O)O)cc2F)C1=O)c1ccc(Cl)s1. The van der Waals surface area contributed by atoms with Gasteiger partial charge in [-0.25, -0.2) is 17.6 Å². The van der Waals surface area contributed by atoms with Crippen LogP contribution in [-0.2, 0) is 14.8 Å². The van der Waals surface area contributed by atoms with Crippen LogP contribution in [0.4, 0.5) is 10.1 Å². The van der Waals surface area contributed by atoms with E-state index >= 15 is 0 Å². The van der Waals surface area contributed by atoms with Gasteiger partial charge in [0.2, 0.25) is 15.9 Å². The summed E-state index contributed by atoms with van der Waals surface area (Å²) < 4.78 is 41.9. The highest BCUT2D eigenvalue weighted by atomic mass is 35.5. The van der Waals surface area contributed by atoms with Crippen LogP contribution in [0.25, 0.3) is 5.57 Å². The highest BCUT2D eigenvalue weighted by Gasteiger charge is 2.36. The van der Waals surface area contributed by atoms with E-state index in [2.05, 4.69) is 4.72 Å². The topological polar surface area (TPSA) is 104 Å². The minimum atomic E-state index is -3.94. The number of aromatic carboxylic acids is 1. The Morgan fingerprint density at radius 2 is 2.10 bits per heavy atom. The summed E-state index contributed by atoms with van der Waals surface area (Å²) in [6, 6.07) is 5.50. The molecule has 0 bridgehead atoms. The first-order chi connectivity index (χ1) is 13.6. The second-order valence-electron chi connectivity index (χ2n) is 6.37. The molecule has 2 N–H and O–H groups in total. The number of nitrogens with zero attached hydrogens (tertiary/aromatic N) is 1. The van der Waals surface area contributed by atoms with Gasteiger partial charge in [-0.3, -0.25) is 4.79 Å². The molecule has 29 heavy (non-hydrogen) atoms. The smallest absolute Gasteiger partial charge is 0.335 e. The quantitative estimate of drug-likeness (QED) is 0.691. The molecule has 11 heteroatoms. The fourth-order valence-electron chi connectivity index (χ4n) is 2.94. The number of nitrogens with one attached hydrogen (secondary N) is 1. The summed E-state index contributed by atoms with van der Waals surface area (Å²) in [5, 5.41) is 9.93. The second-order valence-corrected chi connectivity index (χ2v) is 9.65. The maximum Gasteiger partial charge on any atom is 0.335 e. The van der Waals surface area contributed by atoms with Gasteiger partial charge in [0.05, 0.1) is 21.0 Å². The Morgan fingerprint density at radius 3 is 2.69 bits per heavy atom. The molecule has 3 rings (SSSR count). The van der Waals surface area contributed by atoms with E-state index in [1.165, 1.54) is 23.5 Å². The zero-order valence-corrected chi connectivity index (χ0v) is 17.4. The third-order valence-corrected chi connectivity index (χ3v) is 6.93. The van der Waals surface area contributed by atoms with Crippen molar-refractivity contribution >= 4 is 56.1 Å². The molecule has 1 saturated heterocycles. The Labute approximate surface area is 175 Å². The summed E-state index contributed by atoms with van der Waals surface area (Å²) in [5.74, 6) is -2.77. The summed E-state index contributed by atoms with van der Waals surface area (Å²) in [5.41, 5.74) is 0.123. The van der Waals surface area contributed by atoms with Crippen molar-refractivity contribution in [2.24, 2.45) is 0 Å². The van der Waals surface area contributed by atoms with Crippen LogP contribution in [0.5, 0.6) is 0 Å². The molecule has 1 unspecified atom stereocenters. The zero-order chi connectivity index (χ0) is 21.3. The Balaban J connectivity index is 1.75. The van der Waals surface area contributed by atoms with E-state index in [0.29, 0.717) is 14.8 Å². The maximum atomic E-state index is 14.2. The lowest BCUT2D eigenvalue weighted by molar-refractivity contribution is -0.118. The Kier molecular flexibility index (Phi) is 6.08. The predicted octanol–water partition coefficient (Wildman–Crippen LogP) is 3.32. The van der Waals surface area contributed by atoms with Gasteiger partial charge < -0.3 is 10.0 Å². The number of carbonyl (C=O) groups excluding carboxylic acids is 1. The minimum absolute atomic E-state index is 0.0957. The highest BCUT2D eigenvalue weighted by molar-refractivity contribution is 7.92. The summed E-state index contributed by atoms with van der Waals surface area (Å²) in [6.07, 6.45) is 0.149. The number of amides is 1. The van der Waals surface area contributed by atoms with Crippen molar-refractivity contribution in [3.05, 3.63) is 56.3 Å². The van der Waals surface area contributed by atoms with Crippen LogP contribution in [0, 0.1) is 5.82 Å². The van der Waals surface area contributed by atoms with E-state index in [9.17, 15) is 22.4 Å². The standard InChI is InChI=1S/C18H16ClFN2O5S2/c1-10(15-4-5-16(19)28-15)9-29(26,27)21-13-6-7-22(17(13)23)14-3-2-11(18(24)25)8-12(14)20/h2-5,8-9,13,21H,6-7H2,1H3,(H,24,25)/b10-9+. The average Bonchev–Trinajstić information content (AvgIpc) is 3.21. The Hall–Kier alpha value is -2.27. The molecule has 0 spiro atoms. The molecule has 0 saturated carbocycles. The number of thiophene rings is 1. The lowest BCUT2D eigenvalue weighted by Gasteiger charge is -2.18. The summed E-state index contributed by atoms with van der Waals surface area (Å²) in [6.45, 7) is 1.71. The lowest BCUT2D eigenvalue weighted by Crippen LogP contribution is -2.41. The fraction of sp³-hybridized carbons (Fsp3) is 0.222. The van der Waals surface area contributed by atoms with Crippen molar-refractivity contribution in [1.82, 2.24) is 4.72 Å². The van der Waals surface area contributed by atoms with Gasteiger partial charge in [0.15, 0.2) is 0 Å². The Morgan fingerprint density at radius 1 is 1.38 bits per heavy atom. The molecule has 1 aromatic carbocycles. The van der Waals surface area contributed by atoms with Crippen molar-refractivity contribution in [3.63, 3.8) is 0 Å². The molecule has 1 aliphatic heterocycles. The van der Waals surface area contributed by atoms with E-state index in [-0.39, 0.29) is 24.2 Å². The zero-order valence-electron chi connectivity index (χ0n) is 15.1. The van der Waals surface area contributed by atoms with Crippen LogP contribution in [0.1, 0.15) is 28.6 Å². The van der Waals surface area contributed by atoms with Gasteiger partial charge in [0.25, 0.3) is 0 Å². The fourth-order valence-corrected chi connectivity index (χ4v) is 5.30. The number of hydrogen-bond acceptors (Lipinski definition) is 5. The second kappa shape index (κ2) is 8.23. The van der Waals surface area contributed by atoms with Crippen LogP contribution >= 0.6 is 22.9 Å². The van der Waals surface area contributed by atoms with Crippen LogP contribution in [0.2, 0.25) is 4.34 Å². The molecule has 0 radical (unpaired) electrons. The Bertz CT molecular complexity index is 1110. The van der Waals surface area contributed by atoms with Crippen molar-refractivity contribution in [1.29, 1.82) is 0 Å². The van der Waals surface area contributed by atoms with E-state index in [0.717, 1.165) is 16.4 Å². The first-order valence-electron chi connectivity index (χ1n) is 8.38. The van der Waals surface area contributed by atoms with E-state index in [1.54, 1.807) is 19.1 Å². The first-order valence-corrected chi connectivity index (χ1v) is 11.1. The van der Waals surface area contributed by atoms with Gasteiger partial charge in [0, 0.05) is 11.4 Å². The van der Waals surface area contributed by atoms with Crippen LogP contribution in [-0.4, -0.2) is 38.0 Å². The largest absolute Gasteiger partial charge is 0.478 e. The molecule has 2 aromatic rings. The molecular weight excluding hydrogens is 443 g/mol. The molecule has 1 atom stereocenters. The molecule has 1 aliphatic rings. The normalized spacial score (nSPS) is 17.8. The van der Waals surface area contributed by atoms with Crippen molar-refractivity contribution < 1.29 is 27.5 Å². The molecule has 7 nitrogen and oxygen atoms in total.